The van der Waals surface area contributed by atoms with Crippen LogP contribution in [0.4, 0.5) is 11.4 Å². The zero-order valence-corrected chi connectivity index (χ0v) is 20.7. The first-order chi connectivity index (χ1) is 17.3. The molecule has 4 rings (SSSR count). The average molecular weight is 503 g/mol. The highest BCUT2D eigenvalue weighted by molar-refractivity contribution is 7.92. The van der Waals surface area contributed by atoms with E-state index in [4.69, 9.17) is 9.47 Å². The van der Waals surface area contributed by atoms with E-state index >= 15 is 0 Å². The molecule has 0 saturated heterocycles. The molecule has 0 aliphatic heterocycles. The summed E-state index contributed by atoms with van der Waals surface area (Å²) in [6.45, 7) is 3.40. The highest BCUT2D eigenvalue weighted by Crippen LogP contribution is 2.29. The van der Waals surface area contributed by atoms with E-state index < -0.39 is 10.0 Å². The summed E-state index contributed by atoms with van der Waals surface area (Å²) in [7, 11) is -3.77. The number of para-hydroxylation sites is 3. The zero-order valence-electron chi connectivity index (χ0n) is 19.9. The number of aryl methyl sites for hydroxylation is 2. The monoisotopic (exact) mass is 502 g/mol. The second-order valence-corrected chi connectivity index (χ2v) is 9.83. The molecule has 0 aliphatic carbocycles. The van der Waals surface area contributed by atoms with Gasteiger partial charge in [-0.25, -0.2) is 8.42 Å². The maximum absolute atomic E-state index is 12.8. The van der Waals surface area contributed by atoms with E-state index in [1.165, 1.54) is 12.1 Å². The Labute approximate surface area is 210 Å². The fourth-order valence-corrected chi connectivity index (χ4v) is 4.53. The van der Waals surface area contributed by atoms with Gasteiger partial charge < -0.3 is 14.8 Å². The minimum Gasteiger partial charge on any atom is -0.483 e. The summed E-state index contributed by atoms with van der Waals surface area (Å²) >= 11 is 0. The van der Waals surface area contributed by atoms with Crippen LogP contribution in [0.2, 0.25) is 0 Å². The van der Waals surface area contributed by atoms with Crippen LogP contribution in [-0.2, 0) is 14.8 Å². The van der Waals surface area contributed by atoms with Crippen molar-refractivity contribution in [3.05, 3.63) is 108 Å². The van der Waals surface area contributed by atoms with E-state index in [0.29, 0.717) is 34.2 Å². The molecule has 4 aromatic rings. The second kappa shape index (κ2) is 11.0. The highest BCUT2D eigenvalue weighted by Gasteiger charge is 2.16. The van der Waals surface area contributed by atoms with E-state index in [1.54, 1.807) is 43.3 Å². The molecular weight excluding hydrogens is 476 g/mol. The molecule has 0 radical (unpaired) electrons. The Hall–Kier alpha value is -4.30. The molecule has 0 unspecified atom stereocenters. The first-order valence-electron chi connectivity index (χ1n) is 11.2. The third-order valence-electron chi connectivity index (χ3n) is 5.25. The van der Waals surface area contributed by atoms with Gasteiger partial charge in [-0.05, 0) is 74.0 Å². The molecule has 0 aromatic heterocycles. The molecule has 0 heterocycles. The quantitative estimate of drug-likeness (QED) is 0.297. The summed E-state index contributed by atoms with van der Waals surface area (Å²) in [5.74, 6) is 1.19. The van der Waals surface area contributed by atoms with Crippen LogP contribution in [0.3, 0.4) is 0 Å². The Morgan fingerprint density at radius 2 is 1.50 bits per heavy atom. The van der Waals surface area contributed by atoms with Crippen molar-refractivity contribution < 1.29 is 22.7 Å². The lowest BCUT2D eigenvalue weighted by Crippen LogP contribution is -2.20. The fraction of sp³-hybridized carbons (Fsp3) is 0.107. The number of carbonyl (C=O) groups is 1. The van der Waals surface area contributed by atoms with E-state index in [2.05, 4.69) is 10.0 Å². The van der Waals surface area contributed by atoms with Gasteiger partial charge in [0.2, 0.25) is 0 Å². The second-order valence-electron chi connectivity index (χ2n) is 8.15. The molecule has 0 bridgehead atoms. The molecule has 0 saturated carbocycles. The first-order valence-corrected chi connectivity index (χ1v) is 12.7. The lowest BCUT2D eigenvalue weighted by Gasteiger charge is -2.14. The summed E-state index contributed by atoms with van der Waals surface area (Å²) in [5, 5.41) is 2.79. The Morgan fingerprint density at radius 3 is 2.22 bits per heavy atom. The standard InChI is InChI=1S/C28H26N2O5S/c1-20-12-14-22(15-13-20)30-36(32,33)24-16-17-26(21(2)18-24)34-19-28(31)29-25-10-6-7-11-27(25)35-23-8-4-3-5-9-23/h3-18,30H,19H2,1-2H3,(H,29,31). The van der Waals surface area contributed by atoms with Gasteiger partial charge in [0, 0.05) is 5.69 Å². The number of anilines is 2. The van der Waals surface area contributed by atoms with Gasteiger partial charge in [-0.15, -0.1) is 0 Å². The van der Waals surface area contributed by atoms with E-state index in [9.17, 15) is 13.2 Å². The van der Waals surface area contributed by atoms with Gasteiger partial charge in [-0.2, -0.15) is 0 Å². The van der Waals surface area contributed by atoms with Crippen molar-refractivity contribution in [2.24, 2.45) is 0 Å². The van der Waals surface area contributed by atoms with Crippen LogP contribution in [0.1, 0.15) is 11.1 Å². The Bertz CT molecular complexity index is 1450. The van der Waals surface area contributed by atoms with Gasteiger partial charge in [-0.3, -0.25) is 9.52 Å². The molecule has 8 heteroatoms. The average Bonchev–Trinajstić information content (AvgIpc) is 2.86. The van der Waals surface area contributed by atoms with E-state index in [1.807, 2.05) is 55.5 Å². The van der Waals surface area contributed by atoms with Crippen molar-refractivity contribution >= 4 is 27.3 Å². The molecule has 2 N–H and O–H groups in total. The Balaban J connectivity index is 1.38. The van der Waals surface area contributed by atoms with Gasteiger partial charge in [-0.1, -0.05) is 48.0 Å². The normalized spacial score (nSPS) is 10.9. The largest absolute Gasteiger partial charge is 0.483 e. The van der Waals surface area contributed by atoms with Crippen molar-refractivity contribution in [2.75, 3.05) is 16.6 Å². The molecule has 0 aliphatic rings. The molecule has 0 fully saturated rings. The van der Waals surface area contributed by atoms with Crippen molar-refractivity contribution in [1.29, 1.82) is 0 Å². The minimum atomic E-state index is -3.77. The molecule has 7 nitrogen and oxygen atoms in total. The van der Waals surface area contributed by atoms with Crippen LogP contribution in [0.25, 0.3) is 0 Å². The van der Waals surface area contributed by atoms with Gasteiger partial charge in [0.25, 0.3) is 15.9 Å². The number of hydrogen-bond acceptors (Lipinski definition) is 5. The number of nitrogens with one attached hydrogen (secondary N) is 2. The van der Waals surface area contributed by atoms with Crippen molar-refractivity contribution in [2.45, 2.75) is 18.7 Å². The zero-order chi connectivity index (χ0) is 25.5. The summed E-state index contributed by atoms with van der Waals surface area (Å²) < 4.78 is 39.6. The summed E-state index contributed by atoms with van der Waals surface area (Å²) in [5.41, 5.74) is 2.61. The van der Waals surface area contributed by atoms with Gasteiger partial charge in [0.05, 0.1) is 10.6 Å². The summed E-state index contributed by atoms with van der Waals surface area (Å²) in [4.78, 5) is 12.7. The van der Waals surface area contributed by atoms with E-state index in [0.717, 1.165) is 5.56 Å². The maximum atomic E-state index is 12.8. The van der Waals surface area contributed by atoms with Gasteiger partial charge in [0.1, 0.15) is 11.5 Å². The third-order valence-corrected chi connectivity index (χ3v) is 6.63. The van der Waals surface area contributed by atoms with Crippen molar-refractivity contribution in [1.82, 2.24) is 0 Å². The molecule has 4 aromatic carbocycles. The summed E-state index contributed by atoms with van der Waals surface area (Å²) in [6, 6.07) is 27.9. The molecule has 184 valence electrons. The van der Waals surface area contributed by atoms with Crippen molar-refractivity contribution in [3.8, 4) is 17.2 Å². The van der Waals surface area contributed by atoms with E-state index in [-0.39, 0.29) is 17.4 Å². The topological polar surface area (TPSA) is 93.7 Å². The van der Waals surface area contributed by atoms with Crippen LogP contribution in [0.5, 0.6) is 17.2 Å². The van der Waals surface area contributed by atoms with Crippen LogP contribution < -0.4 is 19.5 Å². The predicted octanol–water partition coefficient (Wildman–Crippen LogP) is 5.91. The minimum absolute atomic E-state index is 0.101. The van der Waals surface area contributed by atoms with Crippen LogP contribution in [0.15, 0.2) is 102 Å². The molecule has 0 atom stereocenters. The third kappa shape index (κ3) is 6.43. The number of amides is 1. The summed E-state index contributed by atoms with van der Waals surface area (Å²) in [6.07, 6.45) is 0. The number of carbonyl (C=O) groups excluding carboxylic acids is 1. The first kappa shape index (κ1) is 24.8. The molecule has 1 amide bonds. The smallest absolute Gasteiger partial charge is 0.262 e. The van der Waals surface area contributed by atoms with Crippen molar-refractivity contribution in [3.63, 3.8) is 0 Å². The number of sulfonamides is 1. The number of ether oxygens (including phenoxy) is 2. The molecular formula is C28H26N2O5S. The maximum Gasteiger partial charge on any atom is 0.262 e. The van der Waals surface area contributed by atoms with Gasteiger partial charge in [0.15, 0.2) is 12.4 Å². The molecule has 0 spiro atoms. The Morgan fingerprint density at radius 1 is 0.806 bits per heavy atom. The van der Waals surface area contributed by atoms with Crippen LogP contribution >= 0.6 is 0 Å². The lowest BCUT2D eigenvalue weighted by molar-refractivity contribution is -0.118. The number of rotatable bonds is 9. The predicted molar refractivity (Wildman–Crippen MR) is 140 cm³/mol. The number of benzene rings is 4. The fourth-order valence-electron chi connectivity index (χ4n) is 3.39. The molecule has 36 heavy (non-hydrogen) atoms. The highest BCUT2D eigenvalue weighted by atomic mass is 32.2. The van der Waals surface area contributed by atoms with Crippen LogP contribution in [-0.4, -0.2) is 20.9 Å². The SMILES string of the molecule is Cc1ccc(NS(=O)(=O)c2ccc(OCC(=O)Nc3ccccc3Oc3ccccc3)c(C)c2)cc1. The lowest BCUT2D eigenvalue weighted by atomic mass is 10.2. The van der Waals surface area contributed by atoms with Gasteiger partial charge >= 0.3 is 0 Å². The Kier molecular flexibility index (Phi) is 7.56. The van der Waals surface area contributed by atoms with Crippen LogP contribution in [0, 0.1) is 13.8 Å². The number of hydrogen-bond donors (Lipinski definition) is 2.